The standard InChI is InChI=1S/C30H36N6O4/c1-19-3-7-26(31-16-19)33-11-9-21(10-12-33)18-34-13-14-35(17-20(34)2)22-4-5-23-24(15-22)30(40)36(29(23)39)25-6-8-27(37)32-28(25)38/h3-5,7,15-16,20-21,25H,6,8-14,17-18H2,1-2H3,(H,32,37,38)/t20-,25?/m0/s1. The lowest BCUT2D eigenvalue weighted by molar-refractivity contribution is -0.136. The number of nitrogens with zero attached hydrogens (tertiary/aromatic N) is 5. The third-order valence-electron chi connectivity index (χ3n) is 8.88. The lowest BCUT2D eigenvalue weighted by Crippen LogP contribution is -2.54. The van der Waals surface area contributed by atoms with E-state index >= 15 is 0 Å². The number of hydrogen-bond acceptors (Lipinski definition) is 8. The molecule has 2 aromatic rings. The van der Waals surface area contributed by atoms with Crippen molar-refractivity contribution in [3.63, 3.8) is 0 Å². The second-order valence-electron chi connectivity index (χ2n) is 11.6. The SMILES string of the molecule is Cc1ccc(N2CCC(CN3CCN(c4ccc5c(c4)C(=O)N(C4CCC(=O)NC4=O)C5=O)C[C@@H]3C)CC2)nc1. The van der Waals surface area contributed by atoms with Crippen molar-refractivity contribution in [2.45, 2.75) is 51.6 Å². The molecule has 1 aromatic carbocycles. The van der Waals surface area contributed by atoms with E-state index in [0.29, 0.717) is 23.1 Å². The van der Waals surface area contributed by atoms with Gasteiger partial charge in [0.2, 0.25) is 11.8 Å². The highest BCUT2D eigenvalue weighted by molar-refractivity contribution is 6.23. The molecule has 10 heteroatoms. The van der Waals surface area contributed by atoms with E-state index < -0.39 is 23.8 Å². The zero-order chi connectivity index (χ0) is 28.0. The number of piperazine rings is 1. The van der Waals surface area contributed by atoms with E-state index in [4.69, 9.17) is 0 Å². The zero-order valence-corrected chi connectivity index (χ0v) is 23.1. The first kappa shape index (κ1) is 26.4. The van der Waals surface area contributed by atoms with Crippen LogP contribution in [0.1, 0.15) is 58.9 Å². The molecule has 3 fully saturated rings. The maximum atomic E-state index is 13.2. The Morgan fingerprint density at radius 1 is 0.900 bits per heavy atom. The van der Waals surface area contributed by atoms with Gasteiger partial charge in [-0.1, -0.05) is 6.07 Å². The molecule has 0 saturated carbocycles. The first-order valence-electron chi connectivity index (χ1n) is 14.3. The molecule has 1 N–H and O–H groups in total. The van der Waals surface area contributed by atoms with Crippen LogP contribution in [0.5, 0.6) is 0 Å². The molecule has 2 atom stereocenters. The van der Waals surface area contributed by atoms with Crippen LogP contribution in [-0.2, 0) is 9.59 Å². The quantitative estimate of drug-likeness (QED) is 0.572. The summed E-state index contributed by atoms with van der Waals surface area (Å²) in [7, 11) is 0. The Morgan fingerprint density at radius 3 is 2.38 bits per heavy atom. The van der Waals surface area contributed by atoms with E-state index in [0.717, 1.165) is 68.5 Å². The largest absolute Gasteiger partial charge is 0.369 e. The van der Waals surface area contributed by atoms with Crippen molar-refractivity contribution >= 4 is 35.1 Å². The smallest absolute Gasteiger partial charge is 0.262 e. The summed E-state index contributed by atoms with van der Waals surface area (Å²) in [6.45, 7) is 10.1. The van der Waals surface area contributed by atoms with Gasteiger partial charge in [-0.2, -0.15) is 0 Å². The summed E-state index contributed by atoms with van der Waals surface area (Å²) < 4.78 is 0. The van der Waals surface area contributed by atoms with Gasteiger partial charge in [-0.25, -0.2) is 4.98 Å². The lowest BCUT2D eigenvalue weighted by atomic mass is 9.95. The number of imide groups is 2. The Labute approximate surface area is 234 Å². The van der Waals surface area contributed by atoms with E-state index in [1.54, 1.807) is 12.1 Å². The molecular weight excluding hydrogens is 508 g/mol. The van der Waals surface area contributed by atoms with Crippen molar-refractivity contribution < 1.29 is 19.2 Å². The van der Waals surface area contributed by atoms with Crippen molar-refractivity contribution in [2.75, 3.05) is 49.1 Å². The van der Waals surface area contributed by atoms with E-state index in [1.165, 1.54) is 5.56 Å². The number of aromatic nitrogens is 1. The molecule has 40 heavy (non-hydrogen) atoms. The normalized spacial score (nSPS) is 24.5. The average Bonchev–Trinajstić information content (AvgIpc) is 3.19. The summed E-state index contributed by atoms with van der Waals surface area (Å²) in [5.41, 5.74) is 2.74. The third-order valence-corrected chi connectivity index (χ3v) is 8.88. The van der Waals surface area contributed by atoms with Crippen molar-refractivity contribution in [3.05, 3.63) is 53.2 Å². The molecule has 0 spiro atoms. The lowest BCUT2D eigenvalue weighted by Gasteiger charge is -2.43. The zero-order valence-electron chi connectivity index (χ0n) is 23.1. The van der Waals surface area contributed by atoms with Gasteiger partial charge in [-0.15, -0.1) is 0 Å². The molecule has 0 radical (unpaired) electrons. The van der Waals surface area contributed by atoms with Crippen molar-refractivity contribution in [1.29, 1.82) is 0 Å². The molecule has 1 unspecified atom stereocenters. The van der Waals surface area contributed by atoms with Crippen LogP contribution in [0.3, 0.4) is 0 Å². The second-order valence-corrected chi connectivity index (χ2v) is 11.6. The molecule has 4 aliphatic heterocycles. The van der Waals surface area contributed by atoms with Gasteiger partial charge in [-0.3, -0.25) is 34.3 Å². The molecule has 4 aliphatic rings. The second kappa shape index (κ2) is 10.6. The van der Waals surface area contributed by atoms with Crippen LogP contribution in [0.2, 0.25) is 0 Å². The summed E-state index contributed by atoms with van der Waals surface area (Å²) in [5.74, 6) is -0.163. The van der Waals surface area contributed by atoms with E-state index in [2.05, 4.69) is 51.0 Å². The van der Waals surface area contributed by atoms with Gasteiger partial charge in [0, 0.05) is 63.6 Å². The maximum Gasteiger partial charge on any atom is 0.262 e. The maximum absolute atomic E-state index is 13.2. The van der Waals surface area contributed by atoms with Gasteiger partial charge in [0.05, 0.1) is 11.1 Å². The minimum Gasteiger partial charge on any atom is -0.369 e. The van der Waals surface area contributed by atoms with E-state index in [9.17, 15) is 19.2 Å². The number of carbonyl (C=O) groups excluding carboxylic acids is 4. The molecule has 1 aromatic heterocycles. The minimum atomic E-state index is -0.947. The van der Waals surface area contributed by atoms with Gasteiger partial charge >= 0.3 is 0 Å². The number of piperidine rings is 2. The van der Waals surface area contributed by atoms with Gasteiger partial charge < -0.3 is 9.80 Å². The molecule has 10 nitrogen and oxygen atoms in total. The number of carbonyl (C=O) groups is 4. The number of amides is 4. The molecule has 4 amide bonds. The first-order chi connectivity index (χ1) is 19.3. The number of hydrogen-bond donors (Lipinski definition) is 1. The highest BCUT2D eigenvalue weighted by Gasteiger charge is 2.45. The van der Waals surface area contributed by atoms with Crippen LogP contribution in [0, 0.1) is 12.8 Å². The number of aryl methyl sites for hydroxylation is 1. The number of rotatable bonds is 5. The molecule has 210 valence electrons. The molecular formula is C30H36N6O4. The highest BCUT2D eigenvalue weighted by atomic mass is 16.2. The first-order valence-corrected chi connectivity index (χ1v) is 14.3. The number of benzene rings is 1. The van der Waals surface area contributed by atoms with Crippen LogP contribution < -0.4 is 15.1 Å². The summed E-state index contributed by atoms with van der Waals surface area (Å²) in [6.07, 6.45) is 4.52. The number of anilines is 2. The summed E-state index contributed by atoms with van der Waals surface area (Å²) >= 11 is 0. The fourth-order valence-corrected chi connectivity index (χ4v) is 6.48. The minimum absolute atomic E-state index is 0.111. The van der Waals surface area contributed by atoms with Crippen molar-refractivity contribution in [3.8, 4) is 0 Å². The predicted octanol–water partition coefficient (Wildman–Crippen LogP) is 2.22. The Morgan fingerprint density at radius 2 is 1.68 bits per heavy atom. The van der Waals surface area contributed by atoms with Crippen LogP contribution in [-0.4, -0.2) is 89.8 Å². The van der Waals surface area contributed by atoms with E-state index in [1.807, 2.05) is 12.3 Å². The molecule has 5 heterocycles. The Kier molecular flexibility index (Phi) is 7.04. The Bertz CT molecular complexity index is 1340. The van der Waals surface area contributed by atoms with Crippen LogP contribution in [0.25, 0.3) is 0 Å². The van der Waals surface area contributed by atoms with E-state index in [-0.39, 0.29) is 18.7 Å². The van der Waals surface area contributed by atoms with Crippen LogP contribution in [0.4, 0.5) is 11.5 Å². The number of pyridine rings is 1. The van der Waals surface area contributed by atoms with Gasteiger partial charge in [0.15, 0.2) is 0 Å². The molecule has 0 bridgehead atoms. The number of nitrogens with one attached hydrogen (secondary N) is 1. The average molecular weight is 545 g/mol. The summed E-state index contributed by atoms with van der Waals surface area (Å²) in [6, 6.07) is 9.04. The van der Waals surface area contributed by atoms with Gasteiger partial charge in [0.1, 0.15) is 11.9 Å². The van der Waals surface area contributed by atoms with Crippen molar-refractivity contribution in [2.24, 2.45) is 5.92 Å². The monoisotopic (exact) mass is 544 g/mol. The van der Waals surface area contributed by atoms with Crippen molar-refractivity contribution in [1.82, 2.24) is 20.1 Å². The molecule has 3 saturated heterocycles. The topological polar surface area (TPSA) is 106 Å². The highest BCUT2D eigenvalue weighted by Crippen LogP contribution is 2.32. The van der Waals surface area contributed by atoms with Crippen LogP contribution in [0.15, 0.2) is 36.5 Å². The molecule has 6 rings (SSSR count). The molecule has 0 aliphatic carbocycles. The number of fused-ring (bicyclic) bond motifs is 1. The summed E-state index contributed by atoms with van der Waals surface area (Å²) in [5, 5.41) is 2.24. The fourth-order valence-electron chi connectivity index (χ4n) is 6.48. The third kappa shape index (κ3) is 4.96. The van der Waals surface area contributed by atoms with Crippen LogP contribution >= 0.6 is 0 Å². The fraction of sp³-hybridized carbons (Fsp3) is 0.500. The predicted molar refractivity (Wildman–Crippen MR) is 150 cm³/mol. The van der Waals surface area contributed by atoms with Gasteiger partial charge in [-0.05, 0) is 68.9 Å². The van der Waals surface area contributed by atoms with Gasteiger partial charge in [0.25, 0.3) is 11.8 Å². The Hall–Kier alpha value is -3.79. The Balaban J connectivity index is 1.05. The summed E-state index contributed by atoms with van der Waals surface area (Å²) in [4.78, 5) is 63.0.